The molecule has 2 fully saturated rings. The SMILES string of the molecule is CC1(C2CCCN(C(=NCc3ccccc3)NCCc3ccco3)C2)OCCO1. The minimum absolute atomic E-state index is 0.340. The average Bonchev–Trinajstić information content (AvgIpc) is 3.44. The Labute approximate surface area is 172 Å². The summed E-state index contributed by atoms with van der Waals surface area (Å²) in [6.45, 7) is 6.78. The average molecular weight is 398 g/mol. The van der Waals surface area contributed by atoms with E-state index in [0.717, 1.165) is 50.6 Å². The van der Waals surface area contributed by atoms with Gasteiger partial charge in [-0.1, -0.05) is 30.3 Å². The van der Waals surface area contributed by atoms with Crippen molar-refractivity contribution in [1.82, 2.24) is 10.2 Å². The zero-order chi connectivity index (χ0) is 19.9. The predicted octanol–water partition coefficient (Wildman–Crippen LogP) is 3.44. The van der Waals surface area contributed by atoms with Crippen LogP contribution in [0, 0.1) is 5.92 Å². The number of furan rings is 1. The molecule has 6 nitrogen and oxygen atoms in total. The van der Waals surface area contributed by atoms with Crippen LogP contribution in [0.15, 0.2) is 58.1 Å². The van der Waals surface area contributed by atoms with E-state index < -0.39 is 5.79 Å². The molecule has 3 heterocycles. The van der Waals surface area contributed by atoms with Crippen molar-refractivity contribution in [3.8, 4) is 0 Å². The second-order valence-corrected chi connectivity index (χ2v) is 7.88. The van der Waals surface area contributed by atoms with E-state index in [9.17, 15) is 0 Å². The molecule has 0 bridgehead atoms. The maximum absolute atomic E-state index is 5.95. The third-order valence-corrected chi connectivity index (χ3v) is 5.81. The molecule has 1 aromatic heterocycles. The van der Waals surface area contributed by atoms with E-state index in [4.69, 9.17) is 18.9 Å². The van der Waals surface area contributed by atoms with Gasteiger partial charge in [0, 0.05) is 32.0 Å². The Bertz CT molecular complexity index is 770. The molecular formula is C23H31N3O3. The molecule has 1 atom stereocenters. The fraction of sp³-hybridized carbons (Fsp3) is 0.522. The van der Waals surface area contributed by atoms with Crippen LogP contribution in [0.2, 0.25) is 0 Å². The van der Waals surface area contributed by atoms with Crippen molar-refractivity contribution in [3.63, 3.8) is 0 Å². The molecular weight excluding hydrogens is 366 g/mol. The monoisotopic (exact) mass is 397 g/mol. The maximum Gasteiger partial charge on any atom is 0.194 e. The first kappa shape index (κ1) is 20.0. The molecule has 156 valence electrons. The van der Waals surface area contributed by atoms with Gasteiger partial charge in [0.25, 0.3) is 0 Å². The van der Waals surface area contributed by atoms with E-state index in [-0.39, 0.29) is 0 Å². The smallest absolute Gasteiger partial charge is 0.194 e. The van der Waals surface area contributed by atoms with Gasteiger partial charge in [-0.3, -0.25) is 0 Å². The number of nitrogens with zero attached hydrogens (tertiary/aromatic N) is 2. The van der Waals surface area contributed by atoms with Crippen LogP contribution in [0.25, 0.3) is 0 Å². The first-order chi connectivity index (χ1) is 14.2. The number of rotatable bonds is 6. The van der Waals surface area contributed by atoms with Gasteiger partial charge in [0.05, 0.1) is 26.0 Å². The normalized spacial score (nSPS) is 22.0. The summed E-state index contributed by atoms with van der Waals surface area (Å²) >= 11 is 0. The third kappa shape index (κ3) is 5.19. The quantitative estimate of drug-likeness (QED) is 0.598. The molecule has 2 aliphatic heterocycles. The Balaban J connectivity index is 1.44. The largest absolute Gasteiger partial charge is 0.469 e. The van der Waals surface area contributed by atoms with Crippen molar-refractivity contribution in [1.29, 1.82) is 0 Å². The lowest BCUT2D eigenvalue weighted by atomic mass is 9.90. The molecule has 1 unspecified atom stereocenters. The molecule has 1 aromatic carbocycles. The number of hydrogen-bond donors (Lipinski definition) is 1. The number of ether oxygens (including phenoxy) is 2. The summed E-state index contributed by atoms with van der Waals surface area (Å²) < 4.78 is 17.4. The molecule has 0 amide bonds. The zero-order valence-electron chi connectivity index (χ0n) is 17.2. The Morgan fingerprint density at radius 2 is 2.00 bits per heavy atom. The van der Waals surface area contributed by atoms with Gasteiger partial charge < -0.3 is 24.1 Å². The topological polar surface area (TPSA) is 59.2 Å². The maximum atomic E-state index is 5.95. The standard InChI is InChI=1S/C23H31N3O3/c1-23(28-15-16-29-23)20-9-5-13-26(18-20)22(24-12-11-21-10-6-14-27-21)25-17-19-7-3-2-4-8-19/h2-4,6-8,10,14,20H,5,9,11-13,15-18H2,1H3,(H,24,25). The molecule has 1 N–H and O–H groups in total. The summed E-state index contributed by atoms with van der Waals surface area (Å²) in [6.07, 6.45) is 4.78. The van der Waals surface area contributed by atoms with Crippen molar-refractivity contribution in [2.24, 2.45) is 10.9 Å². The van der Waals surface area contributed by atoms with Crippen LogP contribution in [-0.4, -0.2) is 49.5 Å². The van der Waals surface area contributed by atoms with E-state index in [1.807, 2.05) is 18.2 Å². The first-order valence-electron chi connectivity index (χ1n) is 10.6. The summed E-state index contributed by atoms with van der Waals surface area (Å²) in [5.41, 5.74) is 1.21. The number of hydrogen-bond acceptors (Lipinski definition) is 4. The van der Waals surface area contributed by atoms with E-state index >= 15 is 0 Å². The fourth-order valence-electron chi connectivity index (χ4n) is 4.13. The number of piperidine rings is 1. The third-order valence-electron chi connectivity index (χ3n) is 5.81. The second kappa shape index (κ2) is 9.46. The minimum atomic E-state index is -0.475. The Kier molecular flexibility index (Phi) is 6.52. The minimum Gasteiger partial charge on any atom is -0.469 e. The zero-order valence-corrected chi connectivity index (χ0v) is 17.2. The van der Waals surface area contributed by atoms with E-state index in [0.29, 0.717) is 25.7 Å². The second-order valence-electron chi connectivity index (χ2n) is 7.88. The predicted molar refractivity (Wildman–Crippen MR) is 113 cm³/mol. The molecule has 2 saturated heterocycles. The molecule has 0 aliphatic carbocycles. The van der Waals surface area contributed by atoms with Gasteiger partial charge in [-0.25, -0.2) is 4.99 Å². The molecule has 0 saturated carbocycles. The van der Waals surface area contributed by atoms with Gasteiger partial charge in [-0.05, 0) is 37.5 Å². The van der Waals surface area contributed by atoms with Crippen LogP contribution in [0.5, 0.6) is 0 Å². The lowest BCUT2D eigenvalue weighted by Crippen LogP contribution is -2.52. The van der Waals surface area contributed by atoms with Crippen molar-refractivity contribution in [2.45, 2.75) is 38.5 Å². The number of likely N-dealkylation sites (tertiary alicyclic amines) is 1. The highest BCUT2D eigenvalue weighted by Gasteiger charge is 2.42. The Morgan fingerprint density at radius 3 is 2.76 bits per heavy atom. The van der Waals surface area contributed by atoms with Crippen molar-refractivity contribution in [2.75, 3.05) is 32.8 Å². The van der Waals surface area contributed by atoms with E-state index in [1.165, 1.54) is 5.56 Å². The summed E-state index contributed by atoms with van der Waals surface area (Å²) in [6, 6.07) is 14.3. The molecule has 0 radical (unpaired) electrons. The van der Waals surface area contributed by atoms with Gasteiger partial charge in [0.2, 0.25) is 0 Å². The van der Waals surface area contributed by atoms with Crippen LogP contribution in [0.4, 0.5) is 0 Å². The van der Waals surface area contributed by atoms with Crippen LogP contribution < -0.4 is 5.32 Å². The molecule has 0 spiro atoms. The van der Waals surface area contributed by atoms with Crippen molar-refractivity contribution < 1.29 is 13.9 Å². The van der Waals surface area contributed by atoms with Crippen LogP contribution >= 0.6 is 0 Å². The Hall–Kier alpha value is -2.31. The molecule has 2 aromatic rings. The number of nitrogens with one attached hydrogen (secondary N) is 1. The summed E-state index contributed by atoms with van der Waals surface area (Å²) in [5.74, 6) is 1.80. The van der Waals surface area contributed by atoms with Gasteiger partial charge in [-0.15, -0.1) is 0 Å². The Morgan fingerprint density at radius 1 is 1.17 bits per heavy atom. The lowest BCUT2D eigenvalue weighted by Gasteiger charge is -2.41. The van der Waals surface area contributed by atoms with Crippen LogP contribution in [0.1, 0.15) is 31.1 Å². The van der Waals surface area contributed by atoms with Crippen molar-refractivity contribution in [3.05, 3.63) is 60.1 Å². The van der Waals surface area contributed by atoms with Crippen LogP contribution in [-0.2, 0) is 22.4 Å². The van der Waals surface area contributed by atoms with E-state index in [2.05, 4.69) is 41.4 Å². The molecule has 2 aliphatic rings. The summed E-state index contributed by atoms with van der Waals surface area (Å²) in [5, 5.41) is 3.56. The summed E-state index contributed by atoms with van der Waals surface area (Å²) in [7, 11) is 0. The van der Waals surface area contributed by atoms with Crippen molar-refractivity contribution >= 4 is 5.96 Å². The molecule has 29 heavy (non-hydrogen) atoms. The van der Waals surface area contributed by atoms with Gasteiger partial charge in [-0.2, -0.15) is 0 Å². The number of guanidine groups is 1. The van der Waals surface area contributed by atoms with Crippen LogP contribution in [0.3, 0.4) is 0 Å². The fourth-order valence-corrected chi connectivity index (χ4v) is 4.13. The van der Waals surface area contributed by atoms with E-state index in [1.54, 1.807) is 6.26 Å². The number of aliphatic imine (C=N–C) groups is 1. The lowest BCUT2D eigenvalue weighted by molar-refractivity contribution is -0.189. The first-order valence-corrected chi connectivity index (χ1v) is 10.6. The molecule has 6 heteroatoms. The highest BCUT2D eigenvalue weighted by molar-refractivity contribution is 5.80. The number of benzene rings is 1. The van der Waals surface area contributed by atoms with Gasteiger partial charge >= 0.3 is 0 Å². The van der Waals surface area contributed by atoms with Gasteiger partial charge in [0.15, 0.2) is 11.7 Å². The highest BCUT2D eigenvalue weighted by atomic mass is 16.7. The highest BCUT2D eigenvalue weighted by Crippen LogP contribution is 2.34. The summed E-state index contributed by atoms with van der Waals surface area (Å²) in [4.78, 5) is 7.30. The molecule has 4 rings (SSSR count). The van der Waals surface area contributed by atoms with Gasteiger partial charge in [0.1, 0.15) is 5.76 Å².